The third-order valence-electron chi connectivity index (χ3n) is 3.34. The fourth-order valence-electron chi connectivity index (χ4n) is 2.31. The van der Waals surface area contributed by atoms with Gasteiger partial charge in [0.2, 0.25) is 0 Å². The van der Waals surface area contributed by atoms with Crippen molar-refractivity contribution in [2.45, 2.75) is 79.5 Å². The van der Waals surface area contributed by atoms with Gasteiger partial charge in [0.25, 0.3) is 0 Å². The first-order chi connectivity index (χ1) is 9.46. The van der Waals surface area contributed by atoms with Gasteiger partial charge in [-0.3, -0.25) is 0 Å². The molecule has 0 saturated heterocycles. The minimum atomic E-state index is 0.0383. The molecular weight excluding hydrogens is 280 g/mol. The highest BCUT2D eigenvalue weighted by molar-refractivity contribution is 7.11. The van der Waals surface area contributed by atoms with Crippen LogP contribution in [0, 0.1) is 5.41 Å². The molecule has 1 aromatic heterocycles. The molecule has 1 unspecified atom stereocenters. The second kappa shape index (κ2) is 6.76. The van der Waals surface area contributed by atoms with Crippen LogP contribution in [0.5, 0.6) is 0 Å². The molecular formula is C17H32N2OS. The van der Waals surface area contributed by atoms with E-state index in [4.69, 9.17) is 9.72 Å². The second-order valence-electron chi connectivity index (χ2n) is 8.09. The van der Waals surface area contributed by atoms with Crippen LogP contribution in [-0.2, 0) is 16.7 Å². The lowest BCUT2D eigenvalue weighted by atomic mass is 9.88. The number of ether oxygens (including phenoxy) is 1. The standard InChI is InChI=1S/C17H32N2OS/c1-11(2)18-10-12-13(16(3,4)5)19-15(21-12)14(20-9)17(6,7)8/h11,14,18H,10H2,1-9H3. The van der Waals surface area contributed by atoms with E-state index in [0.29, 0.717) is 6.04 Å². The molecule has 0 bridgehead atoms. The quantitative estimate of drug-likeness (QED) is 0.857. The monoisotopic (exact) mass is 312 g/mol. The summed E-state index contributed by atoms with van der Waals surface area (Å²) in [6.45, 7) is 18.5. The summed E-state index contributed by atoms with van der Waals surface area (Å²) < 4.78 is 5.73. The average molecular weight is 313 g/mol. The van der Waals surface area contributed by atoms with Crippen LogP contribution in [0.2, 0.25) is 0 Å². The van der Waals surface area contributed by atoms with E-state index in [9.17, 15) is 0 Å². The van der Waals surface area contributed by atoms with Crippen molar-refractivity contribution in [2.75, 3.05) is 7.11 Å². The first-order valence-corrected chi connectivity index (χ1v) is 8.54. The molecule has 0 fully saturated rings. The summed E-state index contributed by atoms with van der Waals surface area (Å²) in [5.74, 6) is 0. The predicted octanol–water partition coefficient (Wildman–Crippen LogP) is 4.67. The highest BCUT2D eigenvalue weighted by Gasteiger charge is 2.32. The molecule has 122 valence electrons. The molecule has 0 aliphatic heterocycles. The van der Waals surface area contributed by atoms with Crippen LogP contribution in [0.3, 0.4) is 0 Å². The smallest absolute Gasteiger partial charge is 0.123 e. The van der Waals surface area contributed by atoms with Crippen LogP contribution in [0.1, 0.15) is 77.1 Å². The Morgan fingerprint density at radius 2 is 1.71 bits per heavy atom. The van der Waals surface area contributed by atoms with Crippen LogP contribution in [0.25, 0.3) is 0 Å². The van der Waals surface area contributed by atoms with Gasteiger partial charge in [-0.25, -0.2) is 4.98 Å². The van der Waals surface area contributed by atoms with E-state index in [2.05, 4.69) is 60.7 Å². The van der Waals surface area contributed by atoms with Crippen molar-refractivity contribution in [3.05, 3.63) is 15.6 Å². The van der Waals surface area contributed by atoms with Gasteiger partial charge in [0.05, 0.1) is 5.69 Å². The highest BCUT2D eigenvalue weighted by atomic mass is 32.1. The summed E-state index contributed by atoms with van der Waals surface area (Å²) in [5.41, 5.74) is 1.30. The lowest BCUT2D eigenvalue weighted by molar-refractivity contribution is 0.0149. The van der Waals surface area contributed by atoms with Crippen LogP contribution in [0.15, 0.2) is 0 Å². The van der Waals surface area contributed by atoms with Crippen LogP contribution in [-0.4, -0.2) is 18.1 Å². The summed E-state index contributed by atoms with van der Waals surface area (Å²) in [4.78, 5) is 6.28. The van der Waals surface area contributed by atoms with Gasteiger partial charge in [0, 0.05) is 30.0 Å². The Bertz CT molecular complexity index is 452. The molecule has 0 aliphatic rings. The lowest BCUT2D eigenvalue weighted by Gasteiger charge is -2.27. The Kier molecular flexibility index (Phi) is 5.99. The van der Waals surface area contributed by atoms with Crippen molar-refractivity contribution in [3.63, 3.8) is 0 Å². The van der Waals surface area contributed by atoms with Crippen molar-refractivity contribution in [1.29, 1.82) is 0 Å². The van der Waals surface area contributed by atoms with E-state index in [1.807, 2.05) is 0 Å². The van der Waals surface area contributed by atoms with Gasteiger partial charge in [-0.15, -0.1) is 11.3 Å². The van der Waals surface area contributed by atoms with Crippen LogP contribution >= 0.6 is 11.3 Å². The number of nitrogens with zero attached hydrogens (tertiary/aromatic N) is 1. The number of hydrogen-bond donors (Lipinski definition) is 1. The Labute approximate surface area is 134 Å². The first-order valence-electron chi connectivity index (χ1n) is 7.73. The summed E-state index contributed by atoms with van der Waals surface area (Å²) in [7, 11) is 1.78. The van der Waals surface area contributed by atoms with Crippen molar-refractivity contribution < 1.29 is 4.74 Å². The van der Waals surface area contributed by atoms with Gasteiger partial charge in [-0.05, 0) is 5.41 Å². The fourth-order valence-corrected chi connectivity index (χ4v) is 3.86. The first kappa shape index (κ1) is 18.6. The van der Waals surface area contributed by atoms with Gasteiger partial charge < -0.3 is 10.1 Å². The second-order valence-corrected chi connectivity index (χ2v) is 9.21. The molecule has 1 aromatic rings. The minimum absolute atomic E-state index is 0.0383. The van der Waals surface area contributed by atoms with Gasteiger partial charge in [0.15, 0.2) is 0 Å². The minimum Gasteiger partial charge on any atom is -0.374 e. The van der Waals surface area contributed by atoms with Gasteiger partial charge in [-0.1, -0.05) is 55.4 Å². The summed E-state index contributed by atoms with van der Waals surface area (Å²) in [5, 5.41) is 4.61. The Morgan fingerprint density at radius 3 is 2.10 bits per heavy atom. The Hall–Kier alpha value is -0.450. The molecule has 1 heterocycles. The zero-order valence-electron chi connectivity index (χ0n) is 15.1. The predicted molar refractivity (Wildman–Crippen MR) is 92.0 cm³/mol. The largest absolute Gasteiger partial charge is 0.374 e. The van der Waals surface area contributed by atoms with Crippen molar-refractivity contribution in [2.24, 2.45) is 5.41 Å². The maximum Gasteiger partial charge on any atom is 0.123 e. The molecule has 0 aliphatic carbocycles. The van der Waals surface area contributed by atoms with Crippen LogP contribution < -0.4 is 5.32 Å². The normalized spacial score (nSPS) is 14.8. The Morgan fingerprint density at radius 1 is 1.14 bits per heavy atom. The molecule has 3 nitrogen and oxygen atoms in total. The maximum absolute atomic E-state index is 5.73. The Balaban J connectivity index is 3.19. The zero-order valence-corrected chi connectivity index (χ0v) is 15.9. The molecule has 1 rings (SSSR count). The van der Waals surface area contributed by atoms with Gasteiger partial charge in [-0.2, -0.15) is 0 Å². The molecule has 0 amide bonds. The SMILES string of the molecule is COC(c1nc(C(C)(C)C)c(CNC(C)C)s1)C(C)(C)C. The van der Waals surface area contributed by atoms with Crippen molar-refractivity contribution in [1.82, 2.24) is 10.3 Å². The molecule has 4 heteroatoms. The molecule has 1 N–H and O–H groups in total. The van der Waals surface area contributed by atoms with E-state index in [1.54, 1.807) is 18.4 Å². The molecule has 0 radical (unpaired) electrons. The van der Waals surface area contributed by atoms with Crippen molar-refractivity contribution in [3.8, 4) is 0 Å². The summed E-state index contributed by atoms with van der Waals surface area (Å²) >= 11 is 1.79. The topological polar surface area (TPSA) is 34.1 Å². The number of nitrogens with one attached hydrogen (secondary N) is 1. The van der Waals surface area contributed by atoms with E-state index in [-0.39, 0.29) is 16.9 Å². The fraction of sp³-hybridized carbons (Fsp3) is 0.824. The lowest BCUT2D eigenvalue weighted by Crippen LogP contribution is -2.24. The van der Waals surface area contributed by atoms with E-state index < -0.39 is 0 Å². The average Bonchev–Trinajstić information content (AvgIpc) is 2.69. The van der Waals surface area contributed by atoms with Crippen LogP contribution in [0.4, 0.5) is 0 Å². The molecule has 0 spiro atoms. The third kappa shape index (κ3) is 5.04. The number of aromatic nitrogens is 1. The molecule has 1 atom stereocenters. The number of methoxy groups -OCH3 is 1. The van der Waals surface area contributed by atoms with E-state index in [1.165, 1.54) is 10.6 Å². The maximum atomic E-state index is 5.73. The summed E-state index contributed by atoms with van der Waals surface area (Å²) in [6.07, 6.45) is 0.0383. The highest BCUT2D eigenvalue weighted by Crippen LogP contribution is 2.40. The number of rotatable bonds is 5. The number of hydrogen-bond acceptors (Lipinski definition) is 4. The van der Waals surface area contributed by atoms with Gasteiger partial charge >= 0.3 is 0 Å². The van der Waals surface area contributed by atoms with Crippen molar-refractivity contribution >= 4 is 11.3 Å². The van der Waals surface area contributed by atoms with E-state index >= 15 is 0 Å². The van der Waals surface area contributed by atoms with E-state index in [0.717, 1.165) is 11.6 Å². The number of thiazole rings is 1. The molecule has 21 heavy (non-hydrogen) atoms. The third-order valence-corrected chi connectivity index (χ3v) is 4.44. The zero-order chi connectivity index (χ0) is 16.4. The van der Waals surface area contributed by atoms with Gasteiger partial charge in [0.1, 0.15) is 11.1 Å². The molecule has 0 saturated carbocycles. The molecule has 0 aromatic carbocycles. The summed E-state index contributed by atoms with van der Waals surface area (Å²) in [6, 6.07) is 0.476.